The van der Waals surface area contributed by atoms with E-state index in [1.54, 1.807) is 0 Å². The molecule has 1 saturated heterocycles. The number of nitrogens with one attached hydrogen (secondary N) is 2. The smallest absolute Gasteiger partial charge is 0.270 e. The number of para-hydroxylation sites is 1. The van der Waals surface area contributed by atoms with Crippen LogP contribution in [-0.2, 0) is 0 Å². The van der Waals surface area contributed by atoms with Gasteiger partial charge in [0.25, 0.3) is 5.91 Å². The fourth-order valence-corrected chi connectivity index (χ4v) is 2.70. The average Bonchev–Trinajstić information content (AvgIpc) is 2.48. The Balaban J connectivity index is 0.00000121. The molecule has 1 amide bonds. The van der Waals surface area contributed by atoms with Gasteiger partial charge in [0.15, 0.2) is 0 Å². The first kappa shape index (κ1) is 18.7. The van der Waals surface area contributed by atoms with Crippen LogP contribution in [0.4, 0.5) is 0 Å². The fraction of sp³-hybridized carbons (Fsp3) is 0.375. The summed E-state index contributed by atoms with van der Waals surface area (Å²) in [5.41, 5.74) is 2.47. The summed E-state index contributed by atoms with van der Waals surface area (Å²) in [6.45, 7) is 3.90. The van der Waals surface area contributed by atoms with Crippen molar-refractivity contribution in [3.63, 3.8) is 0 Å². The Bertz CT molecular complexity index is 642. The number of piperidine rings is 1. The summed E-state index contributed by atoms with van der Waals surface area (Å²) >= 11 is 0. The molecule has 3 rings (SSSR count). The number of fused-ring (bicyclic) bond motifs is 1. The molecule has 1 aliphatic heterocycles. The lowest BCUT2D eigenvalue weighted by atomic mass is 10.1. The van der Waals surface area contributed by atoms with E-state index in [1.165, 1.54) is 0 Å². The number of aromatic nitrogens is 1. The number of pyridine rings is 1. The van der Waals surface area contributed by atoms with Crippen molar-refractivity contribution in [2.45, 2.75) is 25.8 Å². The molecule has 120 valence electrons. The molecule has 6 heteroatoms. The lowest BCUT2D eigenvalue weighted by Gasteiger charge is -2.23. The van der Waals surface area contributed by atoms with Crippen molar-refractivity contribution < 1.29 is 4.79 Å². The van der Waals surface area contributed by atoms with Crippen LogP contribution in [0.3, 0.4) is 0 Å². The average molecular weight is 342 g/mol. The second-order valence-corrected chi connectivity index (χ2v) is 5.36. The van der Waals surface area contributed by atoms with E-state index in [-0.39, 0.29) is 36.8 Å². The van der Waals surface area contributed by atoms with Crippen molar-refractivity contribution >= 4 is 41.6 Å². The van der Waals surface area contributed by atoms with Gasteiger partial charge in [-0.3, -0.25) is 4.79 Å². The van der Waals surface area contributed by atoms with Gasteiger partial charge in [-0.05, 0) is 44.0 Å². The van der Waals surface area contributed by atoms with Crippen molar-refractivity contribution in [1.82, 2.24) is 15.6 Å². The van der Waals surface area contributed by atoms with E-state index in [4.69, 9.17) is 0 Å². The Kier molecular flexibility index (Phi) is 7.07. The molecule has 0 saturated carbocycles. The predicted octanol–water partition coefficient (Wildman–Crippen LogP) is 2.87. The van der Waals surface area contributed by atoms with Crippen LogP contribution < -0.4 is 10.6 Å². The Morgan fingerprint density at radius 1 is 1.32 bits per heavy atom. The zero-order valence-corrected chi connectivity index (χ0v) is 14.1. The quantitative estimate of drug-likeness (QED) is 0.882. The van der Waals surface area contributed by atoms with Gasteiger partial charge >= 0.3 is 0 Å². The van der Waals surface area contributed by atoms with Crippen LogP contribution in [0, 0.1) is 6.92 Å². The number of hydrogen-bond acceptors (Lipinski definition) is 3. The van der Waals surface area contributed by atoms with Crippen molar-refractivity contribution in [1.29, 1.82) is 0 Å². The van der Waals surface area contributed by atoms with E-state index < -0.39 is 0 Å². The van der Waals surface area contributed by atoms with Crippen molar-refractivity contribution in [2.75, 3.05) is 13.1 Å². The van der Waals surface area contributed by atoms with Gasteiger partial charge in [0, 0.05) is 18.0 Å². The molecule has 0 bridgehead atoms. The fourth-order valence-electron chi connectivity index (χ4n) is 2.70. The van der Waals surface area contributed by atoms with Gasteiger partial charge in [-0.25, -0.2) is 4.98 Å². The van der Waals surface area contributed by atoms with Gasteiger partial charge in [-0.1, -0.05) is 18.2 Å². The third-order valence-corrected chi connectivity index (χ3v) is 3.79. The minimum atomic E-state index is -0.0763. The number of benzene rings is 1. The molecular weight excluding hydrogens is 321 g/mol. The van der Waals surface area contributed by atoms with Crippen molar-refractivity contribution in [3.8, 4) is 0 Å². The number of halogens is 2. The summed E-state index contributed by atoms with van der Waals surface area (Å²) in [6.07, 6.45) is 2.14. The van der Waals surface area contributed by atoms with Crippen LogP contribution in [0.25, 0.3) is 10.9 Å². The maximum Gasteiger partial charge on any atom is 0.270 e. The van der Waals surface area contributed by atoms with Crippen LogP contribution in [0.2, 0.25) is 0 Å². The summed E-state index contributed by atoms with van der Waals surface area (Å²) in [5.74, 6) is -0.0763. The largest absolute Gasteiger partial charge is 0.347 e. The first-order valence-corrected chi connectivity index (χ1v) is 7.12. The summed E-state index contributed by atoms with van der Waals surface area (Å²) in [6, 6.07) is 10.00. The van der Waals surface area contributed by atoms with Gasteiger partial charge in [0.05, 0.1) is 5.52 Å². The molecule has 0 unspecified atom stereocenters. The summed E-state index contributed by atoms with van der Waals surface area (Å²) in [4.78, 5) is 16.8. The Hall–Kier alpha value is -1.36. The SMILES string of the molecule is Cc1cc(C(=O)N[C@H]2CCCNC2)nc2ccccc12.Cl.Cl. The highest BCUT2D eigenvalue weighted by atomic mass is 35.5. The highest BCUT2D eigenvalue weighted by molar-refractivity contribution is 5.96. The number of hydrogen-bond donors (Lipinski definition) is 2. The van der Waals surface area contributed by atoms with E-state index in [2.05, 4.69) is 15.6 Å². The standard InChI is InChI=1S/C16H19N3O.2ClH/c1-11-9-15(19-14-7-3-2-6-13(11)14)16(20)18-12-5-4-8-17-10-12;;/h2-3,6-7,9,12,17H,4-5,8,10H2,1H3,(H,18,20);2*1H/t12-;;/m0../s1. The third-order valence-electron chi connectivity index (χ3n) is 3.79. The van der Waals surface area contributed by atoms with E-state index in [9.17, 15) is 4.79 Å². The highest BCUT2D eigenvalue weighted by Crippen LogP contribution is 2.17. The molecule has 4 nitrogen and oxygen atoms in total. The normalized spacial score (nSPS) is 17.2. The molecule has 2 aromatic rings. The Morgan fingerprint density at radius 2 is 2.09 bits per heavy atom. The minimum absolute atomic E-state index is 0. The molecule has 1 aromatic heterocycles. The van der Waals surface area contributed by atoms with Gasteiger partial charge < -0.3 is 10.6 Å². The number of nitrogens with zero attached hydrogens (tertiary/aromatic N) is 1. The molecule has 2 heterocycles. The second kappa shape index (κ2) is 8.32. The van der Waals surface area contributed by atoms with Gasteiger partial charge in [-0.15, -0.1) is 24.8 Å². The molecule has 1 atom stereocenters. The van der Waals surface area contributed by atoms with E-state index in [1.807, 2.05) is 37.3 Å². The van der Waals surface area contributed by atoms with Gasteiger partial charge in [-0.2, -0.15) is 0 Å². The monoisotopic (exact) mass is 341 g/mol. The number of amides is 1. The molecule has 2 N–H and O–H groups in total. The lowest BCUT2D eigenvalue weighted by molar-refractivity contribution is 0.0926. The predicted molar refractivity (Wildman–Crippen MR) is 94.3 cm³/mol. The number of rotatable bonds is 2. The highest BCUT2D eigenvalue weighted by Gasteiger charge is 2.17. The zero-order valence-electron chi connectivity index (χ0n) is 12.5. The van der Waals surface area contributed by atoms with Crippen LogP contribution in [0.1, 0.15) is 28.9 Å². The molecule has 1 aliphatic rings. The van der Waals surface area contributed by atoms with Crippen molar-refractivity contribution in [2.24, 2.45) is 0 Å². The van der Waals surface area contributed by atoms with Crippen LogP contribution in [0.15, 0.2) is 30.3 Å². The van der Waals surface area contributed by atoms with E-state index >= 15 is 0 Å². The lowest BCUT2D eigenvalue weighted by Crippen LogP contribution is -2.45. The first-order chi connectivity index (χ1) is 9.74. The number of carbonyl (C=O) groups excluding carboxylic acids is 1. The topological polar surface area (TPSA) is 54.0 Å². The molecule has 1 aromatic carbocycles. The Labute approximate surface area is 142 Å². The van der Waals surface area contributed by atoms with Crippen molar-refractivity contribution in [3.05, 3.63) is 41.6 Å². The maximum absolute atomic E-state index is 12.3. The summed E-state index contributed by atoms with van der Waals surface area (Å²) in [7, 11) is 0. The Morgan fingerprint density at radius 3 is 2.82 bits per heavy atom. The summed E-state index contributed by atoms with van der Waals surface area (Å²) < 4.78 is 0. The maximum atomic E-state index is 12.3. The van der Waals surface area contributed by atoms with E-state index in [0.29, 0.717) is 5.69 Å². The molecule has 0 aliphatic carbocycles. The van der Waals surface area contributed by atoms with Crippen LogP contribution in [0.5, 0.6) is 0 Å². The molecular formula is C16H21Cl2N3O. The van der Waals surface area contributed by atoms with Crippen LogP contribution in [-0.4, -0.2) is 30.0 Å². The minimum Gasteiger partial charge on any atom is -0.347 e. The van der Waals surface area contributed by atoms with E-state index in [0.717, 1.165) is 42.4 Å². The molecule has 0 spiro atoms. The van der Waals surface area contributed by atoms with Gasteiger partial charge in [0.1, 0.15) is 5.69 Å². The first-order valence-electron chi connectivity index (χ1n) is 7.12. The van der Waals surface area contributed by atoms with Crippen LogP contribution >= 0.6 is 24.8 Å². The number of aryl methyl sites for hydroxylation is 1. The molecule has 1 fully saturated rings. The third kappa shape index (κ3) is 4.09. The van der Waals surface area contributed by atoms with Gasteiger partial charge in [0.2, 0.25) is 0 Å². The molecule has 22 heavy (non-hydrogen) atoms. The molecule has 0 radical (unpaired) electrons. The number of carbonyl (C=O) groups is 1. The second-order valence-electron chi connectivity index (χ2n) is 5.36. The summed E-state index contributed by atoms with van der Waals surface area (Å²) in [5, 5.41) is 7.46. The zero-order chi connectivity index (χ0) is 13.9.